The number of carbonyl (C=O) groups is 2. The number of nitrogens with one attached hydrogen (secondary N) is 2. The Morgan fingerprint density at radius 1 is 0.815 bits per heavy atom. The van der Waals surface area contributed by atoms with Crippen molar-refractivity contribution in [1.82, 2.24) is 10.6 Å². The summed E-state index contributed by atoms with van der Waals surface area (Å²) in [6.45, 7) is 5.19. The molecule has 0 heterocycles. The van der Waals surface area contributed by atoms with Gasteiger partial charge in [0.25, 0.3) is 5.91 Å². The normalized spacial score (nSPS) is 10.1. The molecule has 144 valence electrons. The summed E-state index contributed by atoms with van der Waals surface area (Å²) in [4.78, 5) is 23.7. The van der Waals surface area contributed by atoms with Crippen LogP contribution in [0.5, 0.6) is 11.5 Å². The second-order valence-electron chi connectivity index (χ2n) is 6.06. The van der Waals surface area contributed by atoms with Crippen molar-refractivity contribution in [2.24, 2.45) is 0 Å². The number of hydrogen-bond donors (Lipinski definition) is 2. The van der Waals surface area contributed by atoms with Gasteiger partial charge in [-0.3, -0.25) is 9.59 Å². The maximum atomic E-state index is 11.9. The Balaban J connectivity index is 1.59. The second-order valence-corrected chi connectivity index (χ2v) is 6.06. The van der Waals surface area contributed by atoms with Gasteiger partial charge in [-0.25, -0.2) is 0 Å². The summed E-state index contributed by atoms with van der Waals surface area (Å²) in [7, 11) is 0. The number of ether oxygens (including phenoxy) is 2. The van der Waals surface area contributed by atoms with Crippen molar-refractivity contribution in [1.29, 1.82) is 0 Å². The fourth-order valence-electron chi connectivity index (χ4n) is 2.36. The van der Waals surface area contributed by atoms with Gasteiger partial charge in [0.15, 0.2) is 6.61 Å². The van der Waals surface area contributed by atoms with Crippen LogP contribution in [0.15, 0.2) is 48.5 Å². The summed E-state index contributed by atoms with van der Waals surface area (Å²) in [6, 6.07) is 14.9. The van der Waals surface area contributed by atoms with Crippen molar-refractivity contribution in [3.8, 4) is 11.5 Å². The predicted molar refractivity (Wildman–Crippen MR) is 104 cm³/mol. The Bertz CT molecular complexity index is 727. The van der Waals surface area contributed by atoms with E-state index in [1.807, 2.05) is 62.4 Å². The van der Waals surface area contributed by atoms with Gasteiger partial charge in [0.2, 0.25) is 5.91 Å². The van der Waals surface area contributed by atoms with Crippen molar-refractivity contribution >= 4 is 11.8 Å². The molecule has 0 atom stereocenters. The number of aryl methyl sites for hydroxylation is 1. The minimum absolute atomic E-state index is 0.0524. The largest absolute Gasteiger partial charge is 0.494 e. The van der Waals surface area contributed by atoms with Gasteiger partial charge in [0, 0.05) is 13.1 Å². The van der Waals surface area contributed by atoms with Gasteiger partial charge in [0.05, 0.1) is 13.0 Å². The molecule has 0 aromatic heterocycles. The summed E-state index contributed by atoms with van der Waals surface area (Å²) in [6.07, 6.45) is 0.289. The molecule has 0 fully saturated rings. The third-order valence-corrected chi connectivity index (χ3v) is 3.76. The molecule has 27 heavy (non-hydrogen) atoms. The van der Waals surface area contributed by atoms with Gasteiger partial charge in [-0.2, -0.15) is 0 Å². The molecule has 2 aromatic rings. The highest BCUT2D eigenvalue weighted by atomic mass is 16.5. The van der Waals surface area contributed by atoms with Crippen molar-refractivity contribution in [3.63, 3.8) is 0 Å². The van der Waals surface area contributed by atoms with E-state index in [2.05, 4.69) is 10.6 Å². The molecule has 6 nitrogen and oxygen atoms in total. The number of carbonyl (C=O) groups excluding carboxylic acids is 2. The van der Waals surface area contributed by atoms with Gasteiger partial charge >= 0.3 is 0 Å². The van der Waals surface area contributed by atoms with E-state index in [0.29, 0.717) is 25.4 Å². The third kappa shape index (κ3) is 7.81. The summed E-state index contributed by atoms with van der Waals surface area (Å²) in [5.74, 6) is 1.12. The van der Waals surface area contributed by atoms with E-state index in [-0.39, 0.29) is 24.8 Å². The highest BCUT2D eigenvalue weighted by Gasteiger charge is 2.05. The van der Waals surface area contributed by atoms with Crippen LogP contribution in [-0.2, 0) is 16.0 Å². The van der Waals surface area contributed by atoms with E-state index in [9.17, 15) is 9.59 Å². The number of benzene rings is 2. The Kier molecular flexibility index (Phi) is 8.16. The quantitative estimate of drug-likeness (QED) is 0.629. The zero-order valence-electron chi connectivity index (χ0n) is 15.8. The minimum atomic E-state index is -0.226. The molecular weight excluding hydrogens is 344 g/mol. The second kappa shape index (κ2) is 10.9. The first-order valence-corrected chi connectivity index (χ1v) is 9.01. The lowest BCUT2D eigenvalue weighted by atomic mass is 10.1. The molecule has 0 bridgehead atoms. The maximum Gasteiger partial charge on any atom is 0.258 e. The molecular formula is C21H26N2O4. The summed E-state index contributed by atoms with van der Waals surface area (Å²) < 4.78 is 10.8. The summed E-state index contributed by atoms with van der Waals surface area (Å²) in [5, 5.41) is 5.49. The molecule has 2 aromatic carbocycles. The van der Waals surface area contributed by atoms with Gasteiger partial charge in [-0.15, -0.1) is 0 Å². The van der Waals surface area contributed by atoms with Crippen LogP contribution in [-0.4, -0.2) is 38.1 Å². The van der Waals surface area contributed by atoms with Crippen LogP contribution < -0.4 is 20.1 Å². The van der Waals surface area contributed by atoms with Crippen LogP contribution in [0, 0.1) is 6.92 Å². The average Bonchev–Trinajstić information content (AvgIpc) is 2.66. The highest BCUT2D eigenvalue weighted by molar-refractivity contribution is 5.79. The van der Waals surface area contributed by atoms with Crippen molar-refractivity contribution < 1.29 is 19.1 Å². The van der Waals surface area contributed by atoms with Crippen molar-refractivity contribution in [3.05, 3.63) is 59.7 Å². The van der Waals surface area contributed by atoms with Gasteiger partial charge < -0.3 is 20.1 Å². The maximum absolute atomic E-state index is 11.9. The van der Waals surface area contributed by atoms with E-state index >= 15 is 0 Å². The molecule has 0 saturated carbocycles. The van der Waals surface area contributed by atoms with Crippen LogP contribution in [0.4, 0.5) is 0 Å². The van der Waals surface area contributed by atoms with Crippen LogP contribution in [0.25, 0.3) is 0 Å². The van der Waals surface area contributed by atoms with E-state index < -0.39 is 0 Å². The molecule has 2 N–H and O–H groups in total. The molecule has 0 saturated heterocycles. The first-order valence-electron chi connectivity index (χ1n) is 9.01. The molecule has 0 radical (unpaired) electrons. The molecule has 6 heteroatoms. The molecule has 0 unspecified atom stereocenters. The molecule has 2 rings (SSSR count). The number of amides is 2. The lowest BCUT2D eigenvalue weighted by Gasteiger charge is -2.09. The SMILES string of the molecule is CCOc1ccc(CC(=O)NCCNC(=O)COc2ccc(C)cc2)cc1. The lowest BCUT2D eigenvalue weighted by Crippen LogP contribution is -2.37. The fraction of sp³-hybridized carbons (Fsp3) is 0.333. The van der Waals surface area contributed by atoms with Crippen LogP contribution >= 0.6 is 0 Å². The average molecular weight is 370 g/mol. The van der Waals surface area contributed by atoms with Gasteiger partial charge in [0.1, 0.15) is 11.5 Å². The third-order valence-electron chi connectivity index (χ3n) is 3.76. The minimum Gasteiger partial charge on any atom is -0.494 e. The Morgan fingerprint density at radius 2 is 1.37 bits per heavy atom. The van der Waals surface area contributed by atoms with Crippen LogP contribution in [0.3, 0.4) is 0 Å². The Hall–Kier alpha value is -3.02. The predicted octanol–water partition coefficient (Wildman–Crippen LogP) is 2.25. The van der Waals surface area contributed by atoms with Crippen molar-refractivity contribution in [2.75, 3.05) is 26.3 Å². The van der Waals surface area contributed by atoms with E-state index in [4.69, 9.17) is 9.47 Å². The molecule has 0 aliphatic heterocycles. The smallest absolute Gasteiger partial charge is 0.258 e. The lowest BCUT2D eigenvalue weighted by molar-refractivity contribution is -0.124. The summed E-state index contributed by atoms with van der Waals surface area (Å²) >= 11 is 0. The molecule has 0 spiro atoms. The number of rotatable bonds is 10. The number of hydrogen-bond acceptors (Lipinski definition) is 4. The van der Waals surface area contributed by atoms with E-state index in [0.717, 1.165) is 16.9 Å². The Labute approximate surface area is 159 Å². The first kappa shape index (κ1) is 20.3. The standard InChI is InChI=1S/C21H26N2O4/c1-3-26-18-10-6-17(7-11-18)14-20(24)22-12-13-23-21(25)15-27-19-8-4-16(2)5-9-19/h4-11H,3,12-15H2,1-2H3,(H,22,24)(H,23,25). The van der Waals surface area contributed by atoms with E-state index in [1.165, 1.54) is 0 Å². The Morgan fingerprint density at radius 3 is 2.00 bits per heavy atom. The van der Waals surface area contributed by atoms with Crippen LogP contribution in [0.2, 0.25) is 0 Å². The zero-order valence-corrected chi connectivity index (χ0v) is 15.8. The van der Waals surface area contributed by atoms with Gasteiger partial charge in [-0.1, -0.05) is 29.8 Å². The summed E-state index contributed by atoms with van der Waals surface area (Å²) in [5.41, 5.74) is 2.04. The van der Waals surface area contributed by atoms with Crippen LogP contribution in [0.1, 0.15) is 18.1 Å². The molecule has 2 amide bonds. The molecule has 0 aliphatic rings. The van der Waals surface area contributed by atoms with Gasteiger partial charge in [-0.05, 0) is 43.7 Å². The van der Waals surface area contributed by atoms with Crippen molar-refractivity contribution in [2.45, 2.75) is 20.3 Å². The molecule has 0 aliphatic carbocycles. The monoisotopic (exact) mass is 370 g/mol. The highest BCUT2D eigenvalue weighted by Crippen LogP contribution is 2.12. The first-order chi connectivity index (χ1) is 13.1. The zero-order chi connectivity index (χ0) is 19.5. The van der Waals surface area contributed by atoms with E-state index in [1.54, 1.807) is 0 Å². The fourth-order valence-corrected chi connectivity index (χ4v) is 2.36. The topological polar surface area (TPSA) is 76.7 Å².